The van der Waals surface area contributed by atoms with Crippen LogP contribution in [0.25, 0.3) is 5.65 Å². The van der Waals surface area contributed by atoms with Crippen molar-refractivity contribution in [2.75, 3.05) is 0 Å². The van der Waals surface area contributed by atoms with Crippen molar-refractivity contribution >= 4 is 17.5 Å². The zero-order chi connectivity index (χ0) is 15.6. The Morgan fingerprint density at radius 1 is 1.48 bits per heavy atom. The van der Waals surface area contributed by atoms with Gasteiger partial charge in [-0.2, -0.15) is 5.10 Å². The molecule has 0 spiro atoms. The minimum absolute atomic E-state index is 0.266. The van der Waals surface area contributed by atoms with Crippen LogP contribution in [-0.4, -0.2) is 37.1 Å². The Kier molecular flexibility index (Phi) is 3.93. The molecule has 2 heterocycles. The first-order chi connectivity index (χ1) is 9.87. The Bertz CT molecular complexity index is 695. The molecule has 0 saturated carbocycles. The van der Waals surface area contributed by atoms with E-state index in [1.54, 1.807) is 12.3 Å². The van der Waals surface area contributed by atoms with Crippen LogP contribution in [0.5, 0.6) is 0 Å². The maximum absolute atomic E-state index is 12.4. The number of carboxylic acid groups (broad SMARTS) is 1. The van der Waals surface area contributed by atoms with Crippen molar-refractivity contribution in [3.8, 4) is 0 Å². The molecule has 0 bridgehead atoms. The normalized spacial score (nSPS) is 13.9. The highest BCUT2D eigenvalue weighted by molar-refractivity contribution is 6.02. The number of hydrogen-bond donors (Lipinski definition) is 2. The summed E-state index contributed by atoms with van der Waals surface area (Å²) in [4.78, 5) is 28.0. The molecule has 0 aliphatic carbocycles. The quantitative estimate of drug-likeness (QED) is 0.868. The van der Waals surface area contributed by atoms with Crippen molar-refractivity contribution in [1.29, 1.82) is 0 Å². The summed E-state index contributed by atoms with van der Waals surface area (Å²) < 4.78 is 1.49. The largest absolute Gasteiger partial charge is 0.480 e. The molecule has 0 aromatic carbocycles. The fourth-order valence-corrected chi connectivity index (χ4v) is 2.16. The lowest BCUT2D eigenvalue weighted by atomic mass is 9.96. The van der Waals surface area contributed by atoms with Gasteiger partial charge in [-0.1, -0.05) is 13.3 Å². The number of nitrogens with zero attached hydrogens (tertiary/aromatic N) is 3. The molecule has 1 atom stereocenters. The maximum Gasteiger partial charge on any atom is 0.329 e. The van der Waals surface area contributed by atoms with E-state index < -0.39 is 17.4 Å². The van der Waals surface area contributed by atoms with E-state index in [4.69, 9.17) is 0 Å². The molecule has 0 saturated heterocycles. The molecule has 2 rings (SSSR count). The fraction of sp³-hybridized carbons (Fsp3) is 0.429. The van der Waals surface area contributed by atoms with Crippen LogP contribution in [0, 0.1) is 6.92 Å². The third-order valence-corrected chi connectivity index (χ3v) is 3.36. The van der Waals surface area contributed by atoms with Gasteiger partial charge in [-0.15, -0.1) is 0 Å². The van der Waals surface area contributed by atoms with Crippen LogP contribution in [0.2, 0.25) is 0 Å². The van der Waals surface area contributed by atoms with Crippen LogP contribution in [-0.2, 0) is 4.79 Å². The molecule has 0 aliphatic rings. The van der Waals surface area contributed by atoms with Gasteiger partial charge in [0, 0.05) is 11.9 Å². The zero-order valence-corrected chi connectivity index (χ0v) is 12.3. The molecule has 0 radical (unpaired) electrons. The number of hydrogen-bond acceptors (Lipinski definition) is 4. The minimum atomic E-state index is -1.30. The number of aryl methyl sites for hydroxylation is 1. The van der Waals surface area contributed by atoms with E-state index in [-0.39, 0.29) is 5.56 Å². The summed E-state index contributed by atoms with van der Waals surface area (Å²) in [6.07, 6.45) is 4.09. The van der Waals surface area contributed by atoms with Crippen LogP contribution < -0.4 is 5.32 Å². The van der Waals surface area contributed by atoms with E-state index in [2.05, 4.69) is 15.4 Å². The summed E-state index contributed by atoms with van der Waals surface area (Å²) in [5.41, 5.74) is 0.134. The molecule has 21 heavy (non-hydrogen) atoms. The Balaban J connectivity index is 2.34. The second-order valence-corrected chi connectivity index (χ2v) is 5.24. The van der Waals surface area contributed by atoms with E-state index in [1.165, 1.54) is 17.6 Å². The minimum Gasteiger partial charge on any atom is -0.480 e. The molecule has 2 N–H and O–H groups in total. The number of aliphatic carboxylic acids is 1. The lowest BCUT2D eigenvalue weighted by Gasteiger charge is -2.25. The summed E-state index contributed by atoms with van der Waals surface area (Å²) >= 11 is 0. The molecular formula is C14H18N4O3. The van der Waals surface area contributed by atoms with E-state index >= 15 is 0 Å². The number of nitrogens with one attached hydrogen (secondary N) is 1. The Hall–Kier alpha value is -2.44. The van der Waals surface area contributed by atoms with Crippen molar-refractivity contribution in [1.82, 2.24) is 19.9 Å². The maximum atomic E-state index is 12.4. The summed E-state index contributed by atoms with van der Waals surface area (Å²) in [6, 6.07) is 1.78. The molecular weight excluding hydrogens is 272 g/mol. The Morgan fingerprint density at radius 3 is 2.81 bits per heavy atom. The molecule has 0 aliphatic heterocycles. The highest BCUT2D eigenvalue weighted by atomic mass is 16.4. The average Bonchev–Trinajstić information content (AvgIpc) is 2.81. The predicted molar refractivity (Wildman–Crippen MR) is 76.1 cm³/mol. The molecule has 2 aromatic heterocycles. The topological polar surface area (TPSA) is 96.6 Å². The molecule has 2 aromatic rings. The summed E-state index contributed by atoms with van der Waals surface area (Å²) in [6.45, 7) is 5.18. The summed E-state index contributed by atoms with van der Waals surface area (Å²) in [5.74, 6) is -1.54. The van der Waals surface area contributed by atoms with E-state index in [0.29, 0.717) is 18.5 Å². The Labute approximate surface area is 122 Å². The number of fused-ring (bicyclic) bond motifs is 1. The first-order valence-corrected chi connectivity index (χ1v) is 6.74. The van der Waals surface area contributed by atoms with Gasteiger partial charge in [0.25, 0.3) is 5.91 Å². The second kappa shape index (κ2) is 5.51. The lowest BCUT2D eigenvalue weighted by molar-refractivity contribution is -0.144. The number of carbonyl (C=O) groups excluding carboxylic acids is 1. The van der Waals surface area contributed by atoms with Gasteiger partial charge in [0.15, 0.2) is 5.65 Å². The van der Waals surface area contributed by atoms with Gasteiger partial charge in [0.1, 0.15) is 11.1 Å². The van der Waals surface area contributed by atoms with Crippen LogP contribution in [0.3, 0.4) is 0 Å². The van der Waals surface area contributed by atoms with Crippen molar-refractivity contribution in [3.05, 3.63) is 29.7 Å². The highest BCUT2D eigenvalue weighted by Gasteiger charge is 2.34. The highest BCUT2D eigenvalue weighted by Crippen LogP contribution is 2.15. The Morgan fingerprint density at radius 2 is 2.19 bits per heavy atom. The third-order valence-electron chi connectivity index (χ3n) is 3.36. The van der Waals surface area contributed by atoms with Gasteiger partial charge in [-0.25, -0.2) is 14.3 Å². The molecule has 112 valence electrons. The standard InChI is InChI=1S/C14H18N4O3/c1-4-6-14(3,13(20)21)17-12(19)10-8-15-18-7-5-9(2)16-11(10)18/h5,7-8H,4,6H2,1-3H3,(H,17,19)(H,20,21). The lowest BCUT2D eigenvalue weighted by Crippen LogP contribution is -2.52. The number of carboxylic acids is 1. The molecule has 1 unspecified atom stereocenters. The summed E-state index contributed by atoms with van der Waals surface area (Å²) in [7, 11) is 0. The number of rotatable bonds is 5. The molecule has 7 heteroatoms. The van der Waals surface area contributed by atoms with E-state index in [0.717, 1.165) is 5.69 Å². The second-order valence-electron chi connectivity index (χ2n) is 5.24. The van der Waals surface area contributed by atoms with Gasteiger partial charge < -0.3 is 10.4 Å². The van der Waals surface area contributed by atoms with Gasteiger partial charge >= 0.3 is 5.97 Å². The monoisotopic (exact) mass is 290 g/mol. The van der Waals surface area contributed by atoms with Crippen molar-refractivity contribution in [2.45, 2.75) is 39.2 Å². The molecule has 7 nitrogen and oxygen atoms in total. The third kappa shape index (κ3) is 2.86. The van der Waals surface area contributed by atoms with Gasteiger partial charge in [-0.3, -0.25) is 4.79 Å². The van der Waals surface area contributed by atoms with Crippen LogP contribution in [0.15, 0.2) is 18.5 Å². The van der Waals surface area contributed by atoms with Gasteiger partial charge in [-0.05, 0) is 26.3 Å². The number of carbonyl (C=O) groups is 2. The fourth-order valence-electron chi connectivity index (χ4n) is 2.16. The zero-order valence-electron chi connectivity index (χ0n) is 12.3. The van der Waals surface area contributed by atoms with Crippen LogP contribution in [0.4, 0.5) is 0 Å². The number of aromatic nitrogens is 3. The van der Waals surface area contributed by atoms with E-state index in [9.17, 15) is 14.7 Å². The number of amides is 1. The van der Waals surface area contributed by atoms with Crippen molar-refractivity contribution in [3.63, 3.8) is 0 Å². The smallest absolute Gasteiger partial charge is 0.329 e. The molecule has 1 amide bonds. The SMILES string of the molecule is CCCC(C)(NC(=O)c1cnn2ccc(C)nc12)C(=O)O. The summed E-state index contributed by atoms with van der Waals surface area (Å²) in [5, 5.41) is 15.9. The van der Waals surface area contributed by atoms with Crippen molar-refractivity contribution in [2.24, 2.45) is 0 Å². The van der Waals surface area contributed by atoms with Crippen LogP contribution >= 0.6 is 0 Å². The van der Waals surface area contributed by atoms with Crippen LogP contribution in [0.1, 0.15) is 42.7 Å². The predicted octanol–water partition coefficient (Wildman–Crippen LogP) is 1.41. The van der Waals surface area contributed by atoms with Gasteiger partial charge in [0.2, 0.25) is 0 Å². The first kappa shape index (κ1) is 15.0. The first-order valence-electron chi connectivity index (χ1n) is 6.74. The molecule has 0 fully saturated rings. The van der Waals surface area contributed by atoms with Gasteiger partial charge in [0.05, 0.1) is 6.20 Å². The average molecular weight is 290 g/mol. The van der Waals surface area contributed by atoms with E-state index in [1.807, 2.05) is 13.8 Å². The van der Waals surface area contributed by atoms with Crippen molar-refractivity contribution < 1.29 is 14.7 Å².